The maximum absolute atomic E-state index is 9.99. The van der Waals surface area contributed by atoms with Crippen molar-refractivity contribution in [1.29, 1.82) is 0 Å². The van der Waals surface area contributed by atoms with Crippen molar-refractivity contribution in [3.8, 4) is 0 Å². The van der Waals surface area contributed by atoms with Gasteiger partial charge in [0, 0.05) is 12.4 Å². The molecular formula is C6H7N3O3. The Balaban J connectivity index is 2.29. The highest BCUT2D eigenvalue weighted by molar-refractivity contribution is 5.68. The Kier molecular flexibility index (Phi) is 2.97. The Morgan fingerprint density at radius 2 is 2.50 bits per heavy atom. The van der Waals surface area contributed by atoms with Gasteiger partial charge in [0.15, 0.2) is 12.4 Å². The zero-order valence-corrected chi connectivity index (χ0v) is 6.10. The zero-order valence-electron chi connectivity index (χ0n) is 6.10. The van der Waals surface area contributed by atoms with Gasteiger partial charge in [-0.25, -0.2) is 15.3 Å². The van der Waals surface area contributed by atoms with Crippen LogP contribution in [-0.2, 0) is 9.63 Å². The Morgan fingerprint density at radius 1 is 1.67 bits per heavy atom. The maximum Gasteiger partial charge on any atom is 0.332 e. The van der Waals surface area contributed by atoms with E-state index in [-0.39, 0.29) is 0 Å². The zero-order chi connectivity index (χ0) is 8.81. The van der Waals surface area contributed by atoms with Crippen molar-refractivity contribution in [2.75, 3.05) is 12.1 Å². The third kappa shape index (κ3) is 2.93. The van der Waals surface area contributed by atoms with Crippen molar-refractivity contribution in [3.05, 3.63) is 18.6 Å². The summed E-state index contributed by atoms with van der Waals surface area (Å²) in [4.78, 5) is 22.0. The van der Waals surface area contributed by atoms with Gasteiger partial charge in [0.05, 0.1) is 6.20 Å². The number of nitrogens with zero attached hydrogens (tertiary/aromatic N) is 2. The number of hydrogen-bond donors (Lipinski definition) is 2. The number of carboxylic acid groups (broad SMARTS) is 1. The average Bonchev–Trinajstić information content (AvgIpc) is 2.05. The molecule has 1 aromatic rings. The first kappa shape index (κ1) is 8.41. The van der Waals surface area contributed by atoms with E-state index < -0.39 is 12.6 Å². The molecule has 0 amide bonds. The Bertz CT molecular complexity index is 251. The standard InChI is InChI=1S/C6H7N3O3/c10-6(11)4-12-9-5-3-7-1-2-8-5/h1-3H,4H2,(H,8,9)(H,10,11). The molecule has 2 N–H and O–H groups in total. The highest BCUT2D eigenvalue weighted by atomic mass is 16.7. The fourth-order valence-electron chi connectivity index (χ4n) is 0.524. The Labute approximate surface area is 68.2 Å². The van der Waals surface area contributed by atoms with Gasteiger partial charge in [-0.2, -0.15) is 0 Å². The third-order valence-corrected chi connectivity index (χ3v) is 0.936. The number of carboxylic acids is 1. The highest BCUT2D eigenvalue weighted by Crippen LogP contribution is 1.95. The molecule has 0 spiro atoms. The molecule has 1 aromatic heterocycles. The van der Waals surface area contributed by atoms with E-state index >= 15 is 0 Å². The summed E-state index contributed by atoms with van der Waals surface area (Å²) in [5.41, 5.74) is 2.32. The van der Waals surface area contributed by atoms with Crippen molar-refractivity contribution >= 4 is 11.8 Å². The van der Waals surface area contributed by atoms with E-state index in [0.717, 1.165) is 0 Å². The second-order valence-electron chi connectivity index (χ2n) is 1.88. The van der Waals surface area contributed by atoms with Gasteiger partial charge in [-0.3, -0.25) is 9.82 Å². The summed E-state index contributed by atoms with van der Waals surface area (Å²) in [6.45, 7) is -0.420. The first-order valence-electron chi connectivity index (χ1n) is 3.14. The fraction of sp³-hybridized carbons (Fsp3) is 0.167. The lowest BCUT2D eigenvalue weighted by Crippen LogP contribution is -2.11. The minimum Gasteiger partial charge on any atom is -0.479 e. The van der Waals surface area contributed by atoms with Gasteiger partial charge in [0.1, 0.15) is 0 Å². The fourth-order valence-corrected chi connectivity index (χ4v) is 0.524. The molecule has 6 nitrogen and oxygen atoms in total. The predicted molar refractivity (Wildman–Crippen MR) is 39.2 cm³/mol. The first-order valence-corrected chi connectivity index (χ1v) is 3.14. The van der Waals surface area contributed by atoms with E-state index in [1.165, 1.54) is 18.6 Å². The number of nitrogens with one attached hydrogen (secondary N) is 1. The SMILES string of the molecule is O=C(O)CONc1cnccn1. The van der Waals surface area contributed by atoms with Crippen molar-refractivity contribution < 1.29 is 14.7 Å². The molecule has 0 aliphatic rings. The van der Waals surface area contributed by atoms with E-state index in [9.17, 15) is 4.79 Å². The molecule has 0 unspecified atom stereocenters. The highest BCUT2D eigenvalue weighted by Gasteiger charge is 1.96. The number of aromatic nitrogens is 2. The van der Waals surface area contributed by atoms with Crippen LogP contribution in [0.1, 0.15) is 0 Å². The molecular weight excluding hydrogens is 162 g/mol. The van der Waals surface area contributed by atoms with Crippen molar-refractivity contribution in [2.45, 2.75) is 0 Å². The molecule has 1 rings (SSSR count). The number of rotatable bonds is 4. The molecule has 0 saturated carbocycles. The van der Waals surface area contributed by atoms with Gasteiger partial charge in [-0.05, 0) is 0 Å². The molecule has 64 valence electrons. The minimum absolute atomic E-state index is 0.374. The van der Waals surface area contributed by atoms with E-state index in [1.807, 2.05) is 0 Å². The summed E-state index contributed by atoms with van der Waals surface area (Å²) in [6, 6.07) is 0. The lowest BCUT2D eigenvalue weighted by atomic mass is 10.7. The van der Waals surface area contributed by atoms with Crippen LogP contribution in [0.4, 0.5) is 5.82 Å². The predicted octanol–water partition coefficient (Wildman–Crippen LogP) is -0.0953. The van der Waals surface area contributed by atoms with Gasteiger partial charge in [0.2, 0.25) is 0 Å². The largest absolute Gasteiger partial charge is 0.479 e. The molecule has 0 aromatic carbocycles. The van der Waals surface area contributed by atoms with Crippen LogP contribution in [0.3, 0.4) is 0 Å². The smallest absolute Gasteiger partial charge is 0.332 e. The Hall–Kier alpha value is -1.69. The molecule has 0 fully saturated rings. The molecule has 0 aliphatic heterocycles. The molecule has 0 radical (unpaired) electrons. The lowest BCUT2D eigenvalue weighted by Gasteiger charge is -2.01. The lowest BCUT2D eigenvalue weighted by molar-refractivity contribution is -0.141. The quantitative estimate of drug-likeness (QED) is 0.612. The first-order chi connectivity index (χ1) is 5.79. The summed E-state index contributed by atoms with van der Waals surface area (Å²) in [5.74, 6) is -0.676. The van der Waals surface area contributed by atoms with Crippen LogP contribution in [0.5, 0.6) is 0 Å². The van der Waals surface area contributed by atoms with E-state index in [2.05, 4.69) is 20.3 Å². The summed E-state index contributed by atoms with van der Waals surface area (Å²) in [5, 5.41) is 8.19. The van der Waals surface area contributed by atoms with Crippen molar-refractivity contribution in [1.82, 2.24) is 9.97 Å². The van der Waals surface area contributed by atoms with Gasteiger partial charge in [-0.1, -0.05) is 0 Å². The molecule has 0 aliphatic carbocycles. The van der Waals surface area contributed by atoms with Crippen LogP contribution in [0.2, 0.25) is 0 Å². The normalized spacial score (nSPS) is 9.33. The summed E-state index contributed by atoms with van der Waals surface area (Å²) < 4.78 is 0. The van der Waals surface area contributed by atoms with Crippen LogP contribution in [-0.4, -0.2) is 27.7 Å². The van der Waals surface area contributed by atoms with E-state index in [1.54, 1.807) is 0 Å². The number of carbonyl (C=O) groups is 1. The molecule has 6 heteroatoms. The van der Waals surface area contributed by atoms with Gasteiger partial charge in [-0.15, -0.1) is 0 Å². The summed E-state index contributed by atoms with van der Waals surface area (Å²) in [6.07, 6.45) is 4.39. The van der Waals surface area contributed by atoms with Gasteiger partial charge in [0.25, 0.3) is 0 Å². The molecule has 0 atom stereocenters. The van der Waals surface area contributed by atoms with Crippen LogP contribution < -0.4 is 5.48 Å². The average molecular weight is 169 g/mol. The molecule has 0 bridgehead atoms. The summed E-state index contributed by atoms with van der Waals surface area (Å²) in [7, 11) is 0. The van der Waals surface area contributed by atoms with Gasteiger partial charge < -0.3 is 5.11 Å². The van der Waals surface area contributed by atoms with Crippen molar-refractivity contribution in [2.24, 2.45) is 0 Å². The number of hydrogen-bond acceptors (Lipinski definition) is 5. The van der Waals surface area contributed by atoms with E-state index in [0.29, 0.717) is 5.82 Å². The molecule has 0 saturated heterocycles. The van der Waals surface area contributed by atoms with Crippen LogP contribution in [0.25, 0.3) is 0 Å². The third-order valence-electron chi connectivity index (χ3n) is 0.936. The maximum atomic E-state index is 9.99. The molecule has 12 heavy (non-hydrogen) atoms. The minimum atomic E-state index is -1.05. The van der Waals surface area contributed by atoms with E-state index in [4.69, 9.17) is 5.11 Å². The second-order valence-corrected chi connectivity index (χ2v) is 1.88. The summed E-state index contributed by atoms with van der Waals surface area (Å²) >= 11 is 0. The van der Waals surface area contributed by atoms with Gasteiger partial charge >= 0.3 is 5.97 Å². The van der Waals surface area contributed by atoms with Crippen molar-refractivity contribution in [3.63, 3.8) is 0 Å². The topological polar surface area (TPSA) is 84.3 Å². The number of aliphatic carboxylic acids is 1. The molecule has 1 heterocycles. The van der Waals surface area contributed by atoms with Crippen LogP contribution in [0, 0.1) is 0 Å². The van der Waals surface area contributed by atoms with Crippen LogP contribution in [0.15, 0.2) is 18.6 Å². The monoisotopic (exact) mass is 169 g/mol. The Morgan fingerprint density at radius 3 is 3.08 bits per heavy atom. The number of anilines is 1. The second kappa shape index (κ2) is 4.24. The van der Waals surface area contributed by atoms with Crippen LogP contribution >= 0.6 is 0 Å².